The Balaban J connectivity index is 1.74. The van der Waals surface area contributed by atoms with E-state index in [-0.39, 0.29) is 5.76 Å². The quantitative estimate of drug-likeness (QED) is 0.726. The first-order valence-corrected chi connectivity index (χ1v) is 8.29. The summed E-state index contributed by atoms with van der Waals surface area (Å²) in [5, 5.41) is 7.86. The van der Waals surface area contributed by atoms with Gasteiger partial charge in [0.15, 0.2) is 6.10 Å². The number of ether oxygens (including phenoxy) is 1. The number of carbonyl (C=O) groups is 2. The van der Waals surface area contributed by atoms with E-state index in [0.717, 1.165) is 11.1 Å². The highest BCUT2D eigenvalue weighted by Crippen LogP contribution is 2.26. The van der Waals surface area contributed by atoms with Gasteiger partial charge < -0.3 is 14.5 Å². The molecule has 26 heavy (non-hydrogen) atoms. The van der Waals surface area contributed by atoms with Crippen molar-refractivity contribution in [2.75, 3.05) is 5.32 Å². The number of furan rings is 1. The predicted octanol–water partition coefficient (Wildman–Crippen LogP) is 3.28. The van der Waals surface area contributed by atoms with Gasteiger partial charge in [-0.1, -0.05) is 18.2 Å². The highest BCUT2D eigenvalue weighted by Gasteiger charge is 2.25. The molecule has 1 N–H and O–H groups in total. The molecule has 0 aliphatic rings. The fourth-order valence-corrected chi connectivity index (χ4v) is 2.82. The first-order chi connectivity index (χ1) is 12.3. The SMILES string of the molecule is Cc1nn(C)c(C)c1NC(=O)[C@H](C)OC(=O)c1oc2ccccc2c1C. The van der Waals surface area contributed by atoms with Gasteiger partial charge in [0.2, 0.25) is 5.76 Å². The molecule has 0 radical (unpaired) electrons. The summed E-state index contributed by atoms with van der Waals surface area (Å²) in [5.74, 6) is -0.980. The highest BCUT2D eigenvalue weighted by molar-refractivity contribution is 5.99. The van der Waals surface area contributed by atoms with E-state index in [1.807, 2.05) is 25.1 Å². The van der Waals surface area contributed by atoms with Gasteiger partial charge in [0, 0.05) is 18.0 Å². The Labute approximate surface area is 150 Å². The van der Waals surface area contributed by atoms with Crippen LogP contribution in [0.4, 0.5) is 5.69 Å². The van der Waals surface area contributed by atoms with Gasteiger partial charge >= 0.3 is 5.97 Å². The van der Waals surface area contributed by atoms with Crippen LogP contribution in [0, 0.1) is 20.8 Å². The minimum Gasteiger partial charge on any atom is -0.449 e. The van der Waals surface area contributed by atoms with Gasteiger partial charge in [0.1, 0.15) is 5.58 Å². The number of nitrogens with zero attached hydrogens (tertiary/aromatic N) is 2. The number of aromatic nitrogens is 2. The minimum absolute atomic E-state index is 0.111. The Bertz CT molecular complexity index is 1000. The number of para-hydroxylation sites is 1. The fraction of sp³-hybridized carbons (Fsp3) is 0.316. The summed E-state index contributed by atoms with van der Waals surface area (Å²) in [7, 11) is 1.80. The molecule has 1 amide bonds. The van der Waals surface area contributed by atoms with Crippen molar-refractivity contribution in [3.05, 3.63) is 47.0 Å². The molecule has 2 heterocycles. The van der Waals surface area contributed by atoms with Gasteiger partial charge in [-0.2, -0.15) is 5.10 Å². The van der Waals surface area contributed by atoms with E-state index in [4.69, 9.17) is 9.15 Å². The lowest BCUT2D eigenvalue weighted by atomic mass is 10.1. The largest absolute Gasteiger partial charge is 0.449 e. The number of anilines is 1. The van der Waals surface area contributed by atoms with Crippen LogP contribution in [0.1, 0.15) is 34.4 Å². The van der Waals surface area contributed by atoms with E-state index in [9.17, 15) is 9.59 Å². The summed E-state index contributed by atoms with van der Waals surface area (Å²) in [6.45, 7) is 6.96. The second-order valence-corrected chi connectivity index (χ2v) is 6.26. The zero-order valence-corrected chi connectivity index (χ0v) is 15.4. The topological polar surface area (TPSA) is 86.4 Å². The molecule has 1 aromatic carbocycles. The van der Waals surface area contributed by atoms with Crippen LogP contribution in [0.5, 0.6) is 0 Å². The lowest BCUT2D eigenvalue weighted by molar-refractivity contribution is -0.123. The molecule has 0 spiro atoms. The molecule has 3 rings (SSSR count). The molecule has 0 saturated carbocycles. The van der Waals surface area contributed by atoms with Crippen molar-refractivity contribution in [2.45, 2.75) is 33.8 Å². The Morgan fingerprint density at radius 2 is 1.92 bits per heavy atom. The van der Waals surface area contributed by atoms with E-state index in [0.29, 0.717) is 22.5 Å². The van der Waals surface area contributed by atoms with Gasteiger partial charge in [0.05, 0.1) is 17.1 Å². The second-order valence-electron chi connectivity index (χ2n) is 6.26. The standard InChI is InChI=1S/C19H21N3O4/c1-10-14-8-6-7-9-15(14)26-17(10)19(24)25-13(4)18(23)20-16-11(2)21-22(5)12(16)3/h6-9,13H,1-5H3,(H,20,23)/t13-/m0/s1. The lowest BCUT2D eigenvalue weighted by Gasteiger charge is -2.13. The molecule has 0 aliphatic heterocycles. The van der Waals surface area contributed by atoms with Crippen molar-refractivity contribution >= 4 is 28.5 Å². The fourth-order valence-electron chi connectivity index (χ4n) is 2.82. The Kier molecular flexibility index (Phi) is 4.54. The van der Waals surface area contributed by atoms with Crippen LogP contribution in [0.2, 0.25) is 0 Å². The number of benzene rings is 1. The molecule has 0 saturated heterocycles. The van der Waals surface area contributed by atoms with Gasteiger partial charge in [-0.25, -0.2) is 4.79 Å². The summed E-state index contributed by atoms with van der Waals surface area (Å²) >= 11 is 0. The van der Waals surface area contributed by atoms with Crippen LogP contribution in [0.25, 0.3) is 11.0 Å². The molecule has 7 nitrogen and oxygen atoms in total. The van der Waals surface area contributed by atoms with Gasteiger partial charge in [-0.3, -0.25) is 9.48 Å². The monoisotopic (exact) mass is 355 g/mol. The molecule has 3 aromatic rings. The summed E-state index contributed by atoms with van der Waals surface area (Å²) in [6.07, 6.45) is -0.978. The van der Waals surface area contributed by atoms with Crippen molar-refractivity contribution in [2.24, 2.45) is 7.05 Å². The van der Waals surface area contributed by atoms with Crippen molar-refractivity contribution in [3.63, 3.8) is 0 Å². The first kappa shape index (κ1) is 17.7. The number of nitrogens with one attached hydrogen (secondary N) is 1. The van der Waals surface area contributed by atoms with Gasteiger partial charge in [-0.05, 0) is 33.8 Å². The van der Waals surface area contributed by atoms with Gasteiger partial charge in [0.25, 0.3) is 5.91 Å². The Hall–Kier alpha value is -3.09. The number of aryl methyl sites for hydroxylation is 3. The number of fused-ring (bicyclic) bond motifs is 1. The average molecular weight is 355 g/mol. The van der Waals surface area contributed by atoms with E-state index in [1.54, 1.807) is 31.6 Å². The first-order valence-electron chi connectivity index (χ1n) is 8.29. The number of carbonyl (C=O) groups excluding carboxylic acids is 2. The van der Waals surface area contributed by atoms with Crippen molar-refractivity contribution in [3.8, 4) is 0 Å². The van der Waals surface area contributed by atoms with E-state index in [2.05, 4.69) is 10.4 Å². The summed E-state index contributed by atoms with van der Waals surface area (Å²) < 4.78 is 12.6. The Morgan fingerprint density at radius 1 is 1.23 bits per heavy atom. The zero-order chi connectivity index (χ0) is 19.0. The maximum absolute atomic E-state index is 12.4. The number of hydrogen-bond acceptors (Lipinski definition) is 5. The zero-order valence-electron chi connectivity index (χ0n) is 15.4. The molecule has 0 unspecified atom stereocenters. The van der Waals surface area contributed by atoms with E-state index < -0.39 is 18.0 Å². The number of rotatable bonds is 4. The third kappa shape index (κ3) is 3.08. The number of hydrogen-bond donors (Lipinski definition) is 1. The maximum atomic E-state index is 12.4. The molecule has 2 aromatic heterocycles. The Morgan fingerprint density at radius 3 is 2.54 bits per heavy atom. The van der Waals surface area contributed by atoms with Crippen molar-refractivity contribution in [1.29, 1.82) is 0 Å². The van der Waals surface area contributed by atoms with Crippen molar-refractivity contribution in [1.82, 2.24) is 9.78 Å². The molecule has 0 bridgehead atoms. The van der Waals surface area contributed by atoms with Crippen LogP contribution in [-0.2, 0) is 16.6 Å². The van der Waals surface area contributed by atoms with E-state index >= 15 is 0 Å². The second kappa shape index (κ2) is 6.67. The minimum atomic E-state index is -0.978. The molecular formula is C19H21N3O4. The molecule has 0 fully saturated rings. The van der Waals surface area contributed by atoms with Crippen molar-refractivity contribution < 1.29 is 18.7 Å². The molecular weight excluding hydrogens is 334 g/mol. The number of amides is 1. The maximum Gasteiger partial charge on any atom is 0.375 e. The molecule has 0 aliphatic carbocycles. The summed E-state index contributed by atoms with van der Waals surface area (Å²) in [6, 6.07) is 7.35. The lowest BCUT2D eigenvalue weighted by Crippen LogP contribution is -2.30. The highest BCUT2D eigenvalue weighted by atomic mass is 16.6. The van der Waals surface area contributed by atoms with E-state index in [1.165, 1.54) is 6.92 Å². The van der Waals surface area contributed by atoms with Gasteiger partial charge in [-0.15, -0.1) is 0 Å². The van der Waals surface area contributed by atoms with Crippen LogP contribution < -0.4 is 5.32 Å². The molecule has 136 valence electrons. The molecule has 7 heteroatoms. The summed E-state index contributed by atoms with van der Waals surface area (Å²) in [4.78, 5) is 24.8. The normalized spacial score (nSPS) is 12.2. The third-order valence-electron chi connectivity index (χ3n) is 4.44. The average Bonchev–Trinajstić information content (AvgIpc) is 3.06. The molecule has 1 atom stereocenters. The third-order valence-corrected chi connectivity index (χ3v) is 4.44. The smallest absolute Gasteiger partial charge is 0.375 e. The van der Waals surface area contributed by atoms with Crippen LogP contribution in [0.15, 0.2) is 28.7 Å². The predicted molar refractivity (Wildman–Crippen MR) is 97.1 cm³/mol. The summed E-state index contributed by atoms with van der Waals surface area (Å²) in [5.41, 5.74) is 3.45. The number of esters is 1. The van der Waals surface area contributed by atoms with Crippen LogP contribution in [0.3, 0.4) is 0 Å². The van der Waals surface area contributed by atoms with Crippen LogP contribution in [-0.4, -0.2) is 27.8 Å². The van der Waals surface area contributed by atoms with Crippen LogP contribution >= 0.6 is 0 Å².